The molecule has 26 heavy (non-hydrogen) atoms. The molecular weight excluding hydrogens is 326 g/mol. The number of aromatic nitrogens is 1. The Bertz CT molecular complexity index is 880. The van der Waals surface area contributed by atoms with Crippen molar-refractivity contribution in [2.75, 3.05) is 40.4 Å². The fourth-order valence-corrected chi connectivity index (χ4v) is 3.66. The summed E-state index contributed by atoms with van der Waals surface area (Å²) in [5.41, 5.74) is 4.83. The van der Waals surface area contributed by atoms with Crippen molar-refractivity contribution < 1.29 is 9.47 Å². The van der Waals surface area contributed by atoms with Gasteiger partial charge in [-0.15, -0.1) is 0 Å². The minimum Gasteiger partial charge on any atom is -0.497 e. The minimum absolute atomic E-state index is 0.869. The van der Waals surface area contributed by atoms with Crippen molar-refractivity contribution in [2.24, 2.45) is 0 Å². The maximum atomic E-state index is 5.40. The fraction of sp³-hybridized carbons (Fsp3) is 0.333. The van der Waals surface area contributed by atoms with E-state index in [-0.39, 0.29) is 0 Å². The standard InChI is InChI=1S/C21H25N3O2/c1-25-16-5-3-15(4-6-16)21-18-8-7-17(26-2)13-19(18)23-20(21)14-24-11-9-22-10-12-24/h3-8,13,22-23H,9-12,14H2,1-2H3. The number of hydrogen-bond acceptors (Lipinski definition) is 4. The van der Waals surface area contributed by atoms with E-state index < -0.39 is 0 Å². The largest absolute Gasteiger partial charge is 0.497 e. The highest BCUT2D eigenvalue weighted by atomic mass is 16.5. The summed E-state index contributed by atoms with van der Waals surface area (Å²) in [6, 6.07) is 14.5. The maximum absolute atomic E-state index is 5.40. The van der Waals surface area contributed by atoms with Crippen molar-refractivity contribution in [3.63, 3.8) is 0 Å². The second kappa shape index (κ2) is 7.40. The molecule has 0 saturated carbocycles. The normalized spacial score (nSPS) is 15.3. The molecular formula is C21H25N3O2. The number of hydrogen-bond donors (Lipinski definition) is 2. The summed E-state index contributed by atoms with van der Waals surface area (Å²) in [4.78, 5) is 6.13. The summed E-state index contributed by atoms with van der Waals surface area (Å²) in [6.45, 7) is 5.15. The summed E-state index contributed by atoms with van der Waals surface area (Å²) in [5.74, 6) is 1.74. The van der Waals surface area contributed by atoms with E-state index in [4.69, 9.17) is 9.47 Å². The summed E-state index contributed by atoms with van der Waals surface area (Å²) in [5, 5.41) is 4.64. The van der Waals surface area contributed by atoms with Gasteiger partial charge in [0.2, 0.25) is 0 Å². The van der Waals surface area contributed by atoms with E-state index in [0.29, 0.717) is 0 Å². The van der Waals surface area contributed by atoms with E-state index in [2.05, 4.69) is 39.5 Å². The summed E-state index contributed by atoms with van der Waals surface area (Å²) in [6.07, 6.45) is 0. The number of H-pyrrole nitrogens is 1. The van der Waals surface area contributed by atoms with Gasteiger partial charge in [-0.05, 0) is 29.8 Å². The summed E-state index contributed by atoms with van der Waals surface area (Å²) in [7, 11) is 3.40. The zero-order valence-electron chi connectivity index (χ0n) is 15.3. The SMILES string of the molecule is COc1ccc(-c2c(CN3CCNCC3)[nH]c3cc(OC)ccc23)cc1. The number of aromatic amines is 1. The Morgan fingerprint density at radius 2 is 1.62 bits per heavy atom. The van der Waals surface area contributed by atoms with Crippen molar-refractivity contribution in [2.45, 2.75) is 6.54 Å². The van der Waals surface area contributed by atoms with Crippen LogP contribution in [-0.4, -0.2) is 50.3 Å². The van der Waals surface area contributed by atoms with Gasteiger partial charge in [0.15, 0.2) is 0 Å². The minimum atomic E-state index is 0.869. The van der Waals surface area contributed by atoms with Gasteiger partial charge < -0.3 is 19.8 Å². The molecule has 4 rings (SSSR count). The highest BCUT2D eigenvalue weighted by Gasteiger charge is 2.18. The molecule has 0 bridgehead atoms. The van der Waals surface area contributed by atoms with Crippen molar-refractivity contribution in [3.05, 3.63) is 48.2 Å². The molecule has 5 nitrogen and oxygen atoms in total. The van der Waals surface area contributed by atoms with Crippen molar-refractivity contribution >= 4 is 10.9 Å². The Balaban J connectivity index is 1.79. The average molecular weight is 351 g/mol. The van der Waals surface area contributed by atoms with Crippen molar-refractivity contribution in [1.29, 1.82) is 0 Å². The number of nitrogens with zero attached hydrogens (tertiary/aromatic N) is 1. The molecule has 1 aliphatic rings. The lowest BCUT2D eigenvalue weighted by Gasteiger charge is -2.27. The van der Waals surface area contributed by atoms with E-state index in [1.54, 1.807) is 14.2 Å². The third-order valence-electron chi connectivity index (χ3n) is 5.05. The van der Waals surface area contributed by atoms with Crippen LogP contribution in [0.1, 0.15) is 5.69 Å². The van der Waals surface area contributed by atoms with E-state index in [1.165, 1.54) is 22.2 Å². The lowest BCUT2D eigenvalue weighted by Crippen LogP contribution is -2.43. The van der Waals surface area contributed by atoms with Gasteiger partial charge in [0.1, 0.15) is 11.5 Å². The van der Waals surface area contributed by atoms with Gasteiger partial charge in [0.25, 0.3) is 0 Å². The fourth-order valence-electron chi connectivity index (χ4n) is 3.66. The first-order valence-electron chi connectivity index (χ1n) is 9.04. The summed E-state index contributed by atoms with van der Waals surface area (Å²) < 4.78 is 10.7. The van der Waals surface area contributed by atoms with E-state index in [9.17, 15) is 0 Å². The molecule has 1 fully saturated rings. The highest BCUT2D eigenvalue weighted by molar-refractivity contribution is 5.98. The Kier molecular flexibility index (Phi) is 4.82. The first-order chi connectivity index (χ1) is 12.8. The number of ether oxygens (including phenoxy) is 2. The predicted molar refractivity (Wildman–Crippen MR) is 105 cm³/mol. The van der Waals surface area contributed by atoms with Crippen molar-refractivity contribution in [3.8, 4) is 22.6 Å². The van der Waals surface area contributed by atoms with E-state index in [1.807, 2.05) is 18.2 Å². The van der Waals surface area contributed by atoms with Crippen LogP contribution in [0.2, 0.25) is 0 Å². The van der Waals surface area contributed by atoms with Crippen molar-refractivity contribution in [1.82, 2.24) is 15.2 Å². The number of fused-ring (bicyclic) bond motifs is 1. The Morgan fingerprint density at radius 1 is 0.923 bits per heavy atom. The predicted octanol–water partition coefficient (Wildman–Crippen LogP) is 3.26. The van der Waals surface area contributed by atoms with E-state index >= 15 is 0 Å². The molecule has 1 aliphatic heterocycles. The average Bonchev–Trinajstić information content (AvgIpc) is 3.05. The first kappa shape index (κ1) is 16.9. The molecule has 1 aromatic heterocycles. The monoisotopic (exact) mass is 351 g/mol. The maximum Gasteiger partial charge on any atom is 0.120 e. The molecule has 136 valence electrons. The molecule has 0 spiro atoms. The molecule has 0 aliphatic carbocycles. The van der Waals surface area contributed by atoms with Gasteiger partial charge in [0.05, 0.1) is 14.2 Å². The number of nitrogens with one attached hydrogen (secondary N) is 2. The molecule has 0 radical (unpaired) electrons. The van der Waals surface area contributed by atoms with Gasteiger partial charge in [-0.2, -0.15) is 0 Å². The van der Waals surface area contributed by atoms with Gasteiger partial charge in [0, 0.05) is 61.0 Å². The number of methoxy groups -OCH3 is 2. The molecule has 2 N–H and O–H groups in total. The van der Waals surface area contributed by atoms with Crippen LogP contribution < -0.4 is 14.8 Å². The third-order valence-corrected chi connectivity index (χ3v) is 5.05. The second-order valence-corrected chi connectivity index (χ2v) is 6.64. The van der Waals surface area contributed by atoms with Crippen LogP contribution in [0.5, 0.6) is 11.5 Å². The molecule has 0 amide bonds. The molecule has 1 saturated heterocycles. The van der Waals surface area contributed by atoms with Gasteiger partial charge in [-0.3, -0.25) is 4.90 Å². The Labute approximate surface area is 153 Å². The Hall–Kier alpha value is -2.50. The van der Waals surface area contributed by atoms with Gasteiger partial charge >= 0.3 is 0 Å². The molecule has 2 heterocycles. The van der Waals surface area contributed by atoms with Crippen LogP contribution >= 0.6 is 0 Å². The number of rotatable bonds is 5. The molecule has 5 heteroatoms. The van der Waals surface area contributed by atoms with Crippen LogP contribution in [0.25, 0.3) is 22.0 Å². The first-order valence-corrected chi connectivity index (χ1v) is 9.04. The molecule has 3 aromatic rings. The van der Waals surface area contributed by atoms with Gasteiger partial charge in [-0.1, -0.05) is 12.1 Å². The molecule has 2 aromatic carbocycles. The zero-order valence-corrected chi connectivity index (χ0v) is 15.3. The van der Waals surface area contributed by atoms with Crippen LogP contribution in [0.3, 0.4) is 0 Å². The topological polar surface area (TPSA) is 49.5 Å². The quantitative estimate of drug-likeness (QED) is 0.741. The Morgan fingerprint density at radius 3 is 2.31 bits per heavy atom. The van der Waals surface area contributed by atoms with Crippen LogP contribution in [0.4, 0.5) is 0 Å². The van der Waals surface area contributed by atoms with E-state index in [0.717, 1.165) is 49.7 Å². The number of benzene rings is 2. The van der Waals surface area contributed by atoms with Crippen LogP contribution in [-0.2, 0) is 6.54 Å². The third kappa shape index (κ3) is 3.28. The zero-order chi connectivity index (χ0) is 17.9. The molecule has 0 unspecified atom stereocenters. The lowest BCUT2D eigenvalue weighted by atomic mass is 10.0. The van der Waals surface area contributed by atoms with Crippen LogP contribution in [0, 0.1) is 0 Å². The lowest BCUT2D eigenvalue weighted by molar-refractivity contribution is 0.231. The van der Waals surface area contributed by atoms with Gasteiger partial charge in [-0.25, -0.2) is 0 Å². The highest BCUT2D eigenvalue weighted by Crippen LogP contribution is 2.35. The summed E-state index contributed by atoms with van der Waals surface area (Å²) >= 11 is 0. The molecule has 0 atom stereocenters. The number of piperazine rings is 1. The second-order valence-electron chi connectivity index (χ2n) is 6.64. The van der Waals surface area contributed by atoms with Crippen LogP contribution in [0.15, 0.2) is 42.5 Å². The smallest absolute Gasteiger partial charge is 0.120 e.